The highest BCUT2D eigenvalue weighted by atomic mass is 31.2. The van der Waals surface area contributed by atoms with E-state index in [-0.39, 0.29) is 13.2 Å². The quantitative estimate of drug-likeness (QED) is 0.294. The van der Waals surface area contributed by atoms with Crippen LogP contribution in [-0.4, -0.2) is 70.9 Å². The molecule has 178 valence electrons. The summed E-state index contributed by atoms with van der Waals surface area (Å²) < 4.78 is 30.5. The van der Waals surface area contributed by atoms with E-state index in [4.69, 9.17) is 13.8 Å². The van der Waals surface area contributed by atoms with Crippen molar-refractivity contribution in [3.05, 3.63) is 35.4 Å². The zero-order chi connectivity index (χ0) is 23.0. The minimum atomic E-state index is -3.79. The van der Waals surface area contributed by atoms with Gasteiger partial charge in [0.1, 0.15) is 24.1 Å². The van der Waals surface area contributed by atoms with Crippen molar-refractivity contribution >= 4 is 7.60 Å². The van der Waals surface area contributed by atoms with Crippen LogP contribution in [0.5, 0.6) is 0 Å². The van der Waals surface area contributed by atoms with E-state index in [1.165, 1.54) is 0 Å². The number of hydrogen-bond acceptors (Lipinski definition) is 9. The maximum atomic E-state index is 13.9. The van der Waals surface area contributed by atoms with Gasteiger partial charge in [0.25, 0.3) is 0 Å². The molecule has 0 saturated carbocycles. The van der Waals surface area contributed by atoms with Gasteiger partial charge in [-0.1, -0.05) is 45.0 Å². The van der Waals surface area contributed by atoms with Crippen molar-refractivity contribution in [1.29, 1.82) is 0 Å². The topological polar surface area (TPSA) is 138 Å². The van der Waals surface area contributed by atoms with Crippen molar-refractivity contribution in [2.75, 3.05) is 19.8 Å². The lowest BCUT2D eigenvalue weighted by Crippen LogP contribution is -2.63. The number of hydrogen-bond donors (Lipinski definition) is 5. The normalized spacial score (nSPS) is 27.9. The highest BCUT2D eigenvalue weighted by Crippen LogP contribution is 2.60. The van der Waals surface area contributed by atoms with Crippen molar-refractivity contribution in [3.8, 4) is 0 Å². The fourth-order valence-corrected chi connectivity index (χ4v) is 5.53. The van der Waals surface area contributed by atoms with Crippen LogP contribution in [0, 0.1) is 0 Å². The maximum absolute atomic E-state index is 13.9. The van der Waals surface area contributed by atoms with Crippen molar-refractivity contribution < 1.29 is 38.8 Å². The molecule has 2 rings (SSSR count). The standard InChI is InChI=1S/C21H36NO8P/c1-4-11-28-31(27,29-12-5-2)20(15-9-7-14(6-3)8-10-15)22-17-19(25)18(24)16(13-23)30-21(17)26/h7-10,16-26H,4-6,11-13H2,1-3H3/t16-,17-,18-,19-,20?,21?/m1/s1. The Kier molecular flexibility index (Phi) is 10.5. The summed E-state index contributed by atoms with van der Waals surface area (Å²) in [4.78, 5) is 0. The van der Waals surface area contributed by atoms with Gasteiger partial charge < -0.3 is 34.2 Å². The SMILES string of the molecule is CCCOP(=O)(OCCC)C(N[C@H]1C(O)O[C@H](CO)[C@@H](O)[C@@H]1O)c1ccc(CC)cc1. The van der Waals surface area contributed by atoms with Crippen molar-refractivity contribution in [3.63, 3.8) is 0 Å². The van der Waals surface area contributed by atoms with E-state index < -0.39 is 50.6 Å². The van der Waals surface area contributed by atoms with Gasteiger partial charge >= 0.3 is 7.60 Å². The molecule has 1 aliphatic rings. The molecular formula is C21H36NO8P. The average molecular weight is 461 g/mol. The van der Waals surface area contributed by atoms with Crippen molar-refractivity contribution in [2.24, 2.45) is 0 Å². The van der Waals surface area contributed by atoms with E-state index in [1.807, 2.05) is 32.9 Å². The van der Waals surface area contributed by atoms with E-state index >= 15 is 0 Å². The van der Waals surface area contributed by atoms with E-state index in [0.29, 0.717) is 18.4 Å². The lowest BCUT2D eigenvalue weighted by atomic mass is 9.97. The largest absolute Gasteiger partial charge is 0.394 e. The number of ether oxygens (including phenoxy) is 1. The molecule has 2 unspecified atom stereocenters. The van der Waals surface area contributed by atoms with E-state index in [0.717, 1.165) is 12.0 Å². The van der Waals surface area contributed by atoms with Gasteiger partial charge in [0.15, 0.2) is 6.29 Å². The Hall–Kier alpha value is -0.870. The summed E-state index contributed by atoms with van der Waals surface area (Å²) in [6.45, 7) is 5.63. The molecular weight excluding hydrogens is 425 g/mol. The summed E-state index contributed by atoms with van der Waals surface area (Å²) in [7, 11) is -3.79. The third-order valence-corrected chi connectivity index (χ3v) is 7.39. The second-order valence-corrected chi connectivity index (χ2v) is 9.74. The number of nitrogens with one attached hydrogen (secondary N) is 1. The average Bonchev–Trinajstić information content (AvgIpc) is 2.78. The van der Waals surface area contributed by atoms with Gasteiger partial charge in [-0.2, -0.15) is 0 Å². The monoisotopic (exact) mass is 461 g/mol. The molecule has 31 heavy (non-hydrogen) atoms. The number of aliphatic hydroxyl groups excluding tert-OH is 4. The molecule has 0 spiro atoms. The molecule has 6 atom stereocenters. The van der Waals surface area contributed by atoms with Crippen LogP contribution >= 0.6 is 7.60 Å². The summed E-state index contributed by atoms with van der Waals surface area (Å²) in [6.07, 6.45) is -3.54. The lowest BCUT2D eigenvalue weighted by molar-refractivity contribution is -0.255. The van der Waals surface area contributed by atoms with Crippen LogP contribution in [0.15, 0.2) is 24.3 Å². The first-order valence-electron chi connectivity index (χ1n) is 10.8. The minimum Gasteiger partial charge on any atom is -0.394 e. The van der Waals surface area contributed by atoms with Gasteiger partial charge in [-0.25, -0.2) is 0 Å². The predicted octanol–water partition coefficient (Wildman–Crippen LogP) is 1.68. The van der Waals surface area contributed by atoms with Crippen LogP contribution in [0.3, 0.4) is 0 Å². The zero-order valence-corrected chi connectivity index (χ0v) is 19.3. The Bertz CT molecular complexity index is 691. The minimum absolute atomic E-state index is 0.202. The predicted molar refractivity (Wildman–Crippen MR) is 116 cm³/mol. The first kappa shape index (κ1) is 26.4. The third kappa shape index (κ3) is 6.57. The molecule has 0 aromatic heterocycles. The molecule has 1 saturated heterocycles. The number of aliphatic hydroxyl groups is 4. The highest BCUT2D eigenvalue weighted by molar-refractivity contribution is 7.54. The molecule has 10 heteroatoms. The van der Waals surface area contributed by atoms with Crippen molar-refractivity contribution in [2.45, 2.75) is 76.5 Å². The van der Waals surface area contributed by atoms with Gasteiger partial charge in [0.05, 0.1) is 25.9 Å². The number of benzene rings is 1. The van der Waals surface area contributed by atoms with Gasteiger partial charge in [-0.15, -0.1) is 0 Å². The van der Waals surface area contributed by atoms with E-state index in [9.17, 15) is 25.0 Å². The molecule has 0 amide bonds. The molecule has 1 aliphatic heterocycles. The van der Waals surface area contributed by atoms with Gasteiger partial charge in [0.2, 0.25) is 0 Å². The fourth-order valence-electron chi connectivity index (χ4n) is 3.39. The molecule has 0 aliphatic carbocycles. The van der Waals surface area contributed by atoms with E-state index in [2.05, 4.69) is 5.32 Å². The zero-order valence-electron chi connectivity index (χ0n) is 18.4. The molecule has 9 nitrogen and oxygen atoms in total. The second-order valence-electron chi connectivity index (χ2n) is 7.63. The highest BCUT2D eigenvalue weighted by Gasteiger charge is 2.47. The third-order valence-electron chi connectivity index (χ3n) is 5.22. The maximum Gasteiger partial charge on any atom is 0.351 e. The molecule has 0 bridgehead atoms. The Balaban J connectivity index is 2.41. The molecule has 0 radical (unpaired) electrons. The molecule has 1 fully saturated rings. The summed E-state index contributed by atoms with van der Waals surface area (Å²) in [6, 6.07) is 6.19. The Morgan fingerprint density at radius 2 is 1.61 bits per heavy atom. The first-order chi connectivity index (χ1) is 14.8. The van der Waals surface area contributed by atoms with Crippen LogP contribution in [0.4, 0.5) is 0 Å². The van der Waals surface area contributed by atoms with Crippen LogP contribution in [0.2, 0.25) is 0 Å². The summed E-state index contributed by atoms with van der Waals surface area (Å²) >= 11 is 0. The van der Waals surface area contributed by atoms with Crippen LogP contribution in [0.1, 0.15) is 50.5 Å². The Morgan fingerprint density at radius 1 is 1.03 bits per heavy atom. The molecule has 1 aromatic carbocycles. The first-order valence-corrected chi connectivity index (χ1v) is 12.5. The van der Waals surface area contributed by atoms with Crippen LogP contribution in [-0.2, 0) is 24.8 Å². The van der Waals surface area contributed by atoms with Crippen molar-refractivity contribution in [1.82, 2.24) is 5.32 Å². The summed E-state index contributed by atoms with van der Waals surface area (Å²) in [5.41, 5.74) is 1.68. The molecule has 1 heterocycles. The summed E-state index contributed by atoms with van der Waals surface area (Å²) in [5.74, 6) is -1.02. The smallest absolute Gasteiger partial charge is 0.351 e. The van der Waals surface area contributed by atoms with Crippen LogP contribution < -0.4 is 5.32 Å². The Labute approximate surface area is 183 Å². The molecule has 5 N–H and O–H groups in total. The van der Waals surface area contributed by atoms with E-state index in [1.54, 1.807) is 12.1 Å². The number of aryl methyl sites for hydroxylation is 1. The van der Waals surface area contributed by atoms with Gasteiger partial charge in [-0.3, -0.25) is 9.88 Å². The summed E-state index contributed by atoms with van der Waals surface area (Å²) in [5, 5.41) is 43.5. The second kappa shape index (κ2) is 12.4. The fraction of sp³-hybridized carbons (Fsp3) is 0.714. The van der Waals surface area contributed by atoms with Gasteiger partial charge in [-0.05, 0) is 30.4 Å². The number of rotatable bonds is 12. The molecule has 1 aromatic rings. The Morgan fingerprint density at radius 3 is 2.10 bits per heavy atom. The lowest BCUT2D eigenvalue weighted by Gasteiger charge is -2.42. The van der Waals surface area contributed by atoms with Crippen LogP contribution in [0.25, 0.3) is 0 Å². The van der Waals surface area contributed by atoms with Gasteiger partial charge in [0, 0.05) is 0 Å².